The fourth-order valence-electron chi connectivity index (χ4n) is 5.48. The Bertz CT molecular complexity index is 1520. The Kier molecular flexibility index (Phi) is 11.1. The Morgan fingerprint density at radius 1 is 0.886 bits per heavy atom. The zero-order chi connectivity index (χ0) is 31.7. The molecule has 0 radical (unpaired) electrons. The van der Waals surface area contributed by atoms with E-state index in [1.165, 1.54) is 31.3 Å². The summed E-state index contributed by atoms with van der Waals surface area (Å²) in [5, 5.41) is 3.12. The van der Waals surface area contributed by atoms with Crippen LogP contribution >= 0.6 is 0 Å². The lowest BCUT2D eigenvalue weighted by molar-refractivity contribution is -0.140. The van der Waals surface area contributed by atoms with Crippen LogP contribution in [-0.2, 0) is 26.2 Å². The molecule has 236 valence electrons. The molecular formula is C33H41N3O7S. The molecule has 1 fully saturated rings. The Balaban J connectivity index is 1.75. The van der Waals surface area contributed by atoms with Crippen LogP contribution in [0.3, 0.4) is 0 Å². The molecular weight excluding hydrogens is 582 g/mol. The van der Waals surface area contributed by atoms with Gasteiger partial charge in [-0.25, -0.2) is 8.42 Å². The molecule has 0 saturated heterocycles. The number of carbonyl (C=O) groups excluding carboxylic acids is 2. The number of nitrogens with one attached hydrogen (secondary N) is 1. The Morgan fingerprint density at radius 2 is 1.57 bits per heavy atom. The highest BCUT2D eigenvalue weighted by Crippen LogP contribution is 2.33. The molecule has 1 N–H and O–H groups in total. The first-order chi connectivity index (χ1) is 21.2. The van der Waals surface area contributed by atoms with Crippen molar-refractivity contribution < 1.29 is 32.2 Å². The fourth-order valence-corrected chi connectivity index (χ4v) is 6.90. The molecule has 2 amide bonds. The van der Waals surface area contributed by atoms with Crippen molar-refractivity contribution in [2.45, 2.75) is 62.6 Å². The first-order valence-electron chi connectivity index (χ1n) is 14.7. The Morgan fingerprint density at radius 3 is 2.20 bits per heavy atom. The topological polar surface area (TPSA) is 114 Å². The van der Waals surface area contributed by atoms with Crippen LogP contribution in [0.15, 0.2) is 77.7 Å². The van der Waals surface area contributed by atoms with Gasteiger partial charge in [-0.3, -0.25) is 13.9 Å². The van der Waals surface area contributed by atoms with Gasteiger partial charge in [0.15, 0.2) is 0 Å². The summed E-state index contributed by atoms with van der Waals surface area (Å²) in [6.45, 7) is 1.36. The van der Waals surface area contributed by atoms with Gasteiger partial charge in [-0.1, -0.05) is 44.0 Å². The number of anilines is 1. The van der Waals surface area contributed by atoms with Crippen LogP contribution in [0.25, 0.3) is 0 Å². The number of nitrogens with zero attached hydrogens (tertiary/aromatic N) is 2. The number of para-hydroxylation sites is 2. The number of carbonyl (C=O) groups is 2. The number of ether oxygens (including phenoxy) is 3. The minimum Gasteiger partial charge on any atom is -0.497 e. The first kappa shape index (κ1) is 32.7. The van der Waals surface area contributed by atoms with Crippen LogP contribution in [0.2, 0.25) is 0 Å². The van der Waals surface area contributed by atoms with E-state index in [0.29, 0.717) is 17.9 Å². The zero-order valence-electron chi connectivity index (χ0n) is 25.7. The molecule has 0 aliphatic heterocycles. The van der Waals surface area contributed by atoms with Gasteiger partial charge in [0.1, 0.15) is 29.8 Å². The molecule has 44 heavy (non-hydrogen) atoms. The summed E-state index contributed by atoms with van der Waals surface area (Å²) in [5.41, 5.74) is 0.940. The molecule has 11 heteroatoms. The van der Waals surface area contributed by atoms with E-state index in [1.54, 1.807) is 55.6 Å². The van der Waals surface area contributed by atoms with Gasteiger partial charge < -0.3 is 24.4 Å². The summed E-state index contributed by atoms with van der Waals surface area (Å²) in [6, 6.07) is 19.1. The molecule has 0 heterocycles. The molecule has 4 rings (SSSR count). The number of benzene rings is 3. The van der Waals surface area contributed by atoms with E-state index in [-0.39, 0.29) is 34.8 Å². The van der Waals surface area contributed by atoms with E-state index in [0.717, 1.165) is 35.6 Å². The quantitative estimate of drug-likeness (QED) is 0.275. The number of rotatable bonds is 14. The van der Waals surface area contributed by atoms with Gasteiger partial charge in [0.2, 0.25) is 11.8 Å². The molecule has 0 aromatic heterocycles. The molecule has 1 saturated carbocycles. The monoisotopic (exact) mass is 623 g/mol. The lowest BCUT2D eigenvalue weighted by atomic mass is 10.1. The highest BCUT2D eigenvalue weighted by molar-refractivity contribution is 7.92. The Labute approximate surface area is 260 Å². The molecule has 1 aliphatic rings. The van der Waals surface area contributed by atoms with Crippen molar-refractivity contribution in [2.75, 3.05) is 32.2 Å². The zero-order valence-corrected chi connectivity index (χ0v) is 26.5. The maximum absolute atomic E-state index is 14.4. The van der Waals surface area contributed by atoms with Crippen molar-refractivity contribution >= 4 is 27.5 Å². The van der Waals surface area contributed by atoms with Crippen LogP contribution in [-0.4, -0.2) is 65.1 Å². The minimum absolute atomic E-state index is 0.0256. The number of methoxy groups -OCH3 is 3. The third-order valence-electron chi connectivity index (χ3n) is 7.85. The second kappa shape index (κ2) is 15.0. The van der Waals surface area contributed by atoms with Gasteiger partial charge in [-0.2, -0.15) is 0 Å². The largest absolute Gasteiger partial charge is 0.497 e. The van der Waals surface area contributed by atoms with Crippen LogP contribution in [0.4, 0.5) is 5.69 Å². The van der Waals surface area contributed by atoms with Crippen molar-refractivity contribution in [3.8, 4) is 17.2 Å². The van der Waals surface area contributed by atoms with Crippen molar-refractivity contribution in [1.82, 2.24) is 10.2 Å². The molecule has 10 nitrogen and oxygen atoms in total. The summed E-state index contributed by atoms with van der Waals surface area (Å²) in [6.07, 6.45) is 4.23. The molecule has 0 unspecified atom stereocenters. The number of sulfonamides is 1. The van der Waals surface area contributed by atoms with Crippen molar-refractivity contribution in [3.05, 3.63) is 78.4 Å². The van der Waals surface area contributed by atoms with Crippen LogP contribution in [0.5, 0.6) is 17.2 Å². The van der Waals surface area contributed by atoms with Crippen molar-refractivity contribution in [3.63, 3.8) is 0 Å². The van der Waals surface area contributed by atoms with E-state index in [4.69, 9.17) is 14.2 Å². The van der Waals surface area contributed by atoms with E-state index >= 15 is 0 Å². The first-order valence-corrected chi connectivity index (χ1v) is 16.2. The average Bonchev–Trinajstić information content (AvgIpc) is 3.56. The van der Waals surface area contributed by atoms with Crippen LogP contribution < -0.4 is 23.8 Å². The normalized spacial score (nSPS) is 14.0. The van der Waals surface area contributed by atoms with Gasteiger partial charge in [-0.15, -0.1) is 0 Å². The molecule has 0 spiro atoms. The summed E-state index contributed by atoms with van der Waals surface area (Å²) in [7, 11) is 0.223. The number of hydrogen-bond donors (Lipinski definition) is 1. The highest BCUT2D eigenvalue weighted by Gasteiger charge is 2.35. The predicted molar refractivity (Wildman–Crippen MR) is 169 cm³/mol. The predicted octanol–water partition coefficient (Wildman–Crippen LogP) is 4.77. The van der Waals surface area contributed by atoms with Crippen molar-refractivity contribution in [2.24, 2.45) is 0 Å². The second-order valence-corrected chi connectivity index (χ2v) is 12.5. The SMILES string of the molecule is CC[C@H](C(=O)NC1CCCC1)N(Cc1cccc(OC)c1)C(=O)CN(c1ccccc1OC)S(=O)(=O)c1ccc(OC)cc1. The van der Waals surface area contributed by atoms with Gasteiger partial charge in [-0.05, 0) is 73.4 Å². The van der Waals surface area contributed by atoms with E-state index in [2.05, 4.69) is 5.32 Å². The number of amides is 2. The van der Waals surface area contributed by atoms with Gasteiger partial charge in [0, 0.05) is 12.6 Å². The lowest BCUT2D eigenvalue weighted by Crippen LogP contribution is -2.53. The summed E-state index contributed by atoms with van der Waals surface area (Å²) >= 11 is 0. The number of hydrogen-bond acceptors (Lipinski definition) is 7. The van der Waals surface area contributed by atoms with Gasteiger partial charge in [0.25, 0.3) is 10.0 Å². The molecule has 1 atom stereocenters. The third kappa shape index (κ3) is 7.63. The van der Waals surface area contributed by atoms with Crippen LogP contribution in [0, 0.1) is 0 Å². The van der Waals surface area contributed by atoms with E-state index < -0.39 is 28.5 Å². The molecule has 3 aromatic carbocycles. The standard InChI is InChI=1S/C33H41N3O7S/c1-5-29(33(38)34-25-12-6-7-13-25)35(22-24-11-10-14-27(21-24)42-3)32(37)23-36(30-15-8-9-16-31(30)43-4)44(39,40)28-19-17-26(41-2)18-20-28/h8-11,14-21,25,29H,5-7,12-13,22-23H2,1-4H3,(H,34,38)/t29-/m1/s1. The fraction of sp³-hybridized carbons (Fsp3) is 0.394. The lowest BCUT2D eigenvalue weighted by Gasteiger charge is -2.34. The smallest absolute Gasteiger partial charge is 0.264 e. The summed E-state index contributed by atoms with van der Waals surface area (Å²) in [5.74, 6) is 0.591. The molecule has 1 aliphatic carbocycles. The van der Waals surface area contributed by atoms with E-state index in [9.17, 15) is 18.0 Å². The average molecular weight is 624 g/mol. The maximum atomic E-state index is 14.4. The maximum Gasteiger partial charge on any atom is 0.264 e. The minimum atomic E-state index is -4.27. The van der Waals surface area contributed by atoms with Gasteiger partial charge >= 0.3 is 0 Å². The Hall–Kier alpha value is -4.25. The summed E-state index contributed by atoms with van der Waals surface area (Å²) < 4.78 is 45.5. The highest BCUT2D eigenvalue weighted by atomic mass is 32.2. The van der Waals surface area contributed by atoms with E-state index in [1.807, 2.05) is 19.1 Å². The third-order valence-corrected chi connectivity index (χ3v) is 9.63. The second-order valence-electron chi connectivity index (χ2n) is 10.6. The molecule has 3 aromatic rings. The summed E-state index contributed by atoms with van der Waals surface area (Å²) in [4.78, 5) is 29.4. The van der Waals surface area contributed by atoms with Crippen molar-refractivity contribution in [1.29, 1.82) is 0 Å². The van der Waals surface area contributed by atoms with Gasteiger partial charge in [0.05, 0.1) is 31.9 Å². The van der Waals surface area contributed by atoms with Crippen LogP contribution in [0.1, 0.15) is 44.6 Å². The molecule has 0 bridgehead atoms.